The molecule has 29 heavy (non-hydrogen) atoms. The molecule has 5 heteroatoms. The highest BCUT2D eigenvalue weighted by Crippen LogP contribution is 2.32. The van der Waals surface area contributed by atoms with E-state index in [1.807, 2.05) is 25.3 Å². The van der Waals surface area contributed by atoms with Crippen molar-refractivity contribution in [2.24, 2.45) is 0 Å². The minimum Gasteiger partial charge on any atom is -0.318 e. The second-order valence-corrected chi connectivity index (χ2v) is 8.34. The largest absolute Gasteiger partial charge is 0.318 e. The van der Waals surface area contributed by atoms with E-state index in [0.717, 1.165) is 35.3 Å². The summed E-state index contributed by atoms with van der Waals surface area (Å²) in [5.74, 6) is 0. The molecule has 1 aliphatic rings. The number of rotatable bonds is 5. The summed E-state index contributed by atoms with van der Waals surface area (Å²) < 4.78 is 2.25. The molecule has 5 nitrogen and oxygen atoms in total. The number of nitrogens with zero attached hydrogens (tertiary/aromatic N) is 4. The summed E-state index contributed by atoms with van der Waals surface area (Å²) in [7, 11) is 4.33. The Morgan fingerprint density at radius 1 is 1.21 bits per heavy atom. The Balaban J connectivity index is 1.75. The van der Waals surface area contributed by atoms with Crippen LogP contribution in [0.1, 0.15) is 42.6 Å². The molecule has 0 aromatic carbocycles. The van der Waals surface area contributed by atoms with Crippen LogP contribution in [0.5, 0.6) is 0 Å². The number of pyridine rings is 2. The number of carbonyl (C=O) groups excluding carboxylic acids is 1. The zero-order valence-corrected chi connectivity index (χ0v) is 17.7. The van der Waals surface area contributed by atoms with Crippen molar-refractivity contribution < 1.29 is 4.79 Å². The van der Waals surface area contributed by atoms with Gasteiger partial charge in [0.15, 0.2) is 0 Å². The van der Waals surface area contributed by atoms with Crippen LogP contribution in [0.2, 0.25) is 0 Å². The van der Waals surface area contributed by atoms with Gasteiger partial charge in [-0.1, -0.05) is 6.07 Å². The van der Waals surface area contributed by atoms with Gasteiger partial charge in [-0.25, -0.2) is 0 Å². The third-order valence-corrected chi connectivity index (χ3v) is 6.47. The fourth-order valence-electron chi connectivity index (χ4n) is 4.65. The minimum atomic E-state index is 0.225. The molecule has 1 unspecified atom stereocenters. The Kier molecular flexibility index (Phi) is 5.52. The third kappa shape index (κ3) is 3.72. The third-order valence-electron chi connectivity index (χ3n) is 6.47. The molecule has 1 saturated heterocycles. The standard InChI is InChI=1S/C24H29N4O/c1-17-21(16-29)13-23-12-20(19-6-5-9-25-14-19)15-28(23)24(17)18(2)27-10-7-22(8-11-27)26(3)4/h5-6,9,12-15,18,22H,7-8,10-11H2,1-4H3. The van der Waals surface area contributed by atoms with Crippen molar-refractivity contribution in [3.05, 3.63) is 59.7 Å². The molecule has 0 amide bonds. The smallest absolute Gasteiger partial charge is 0.233 e. The molecule has 3 aromatic rings. The van der Waals surface area contributed by atoms with E-state index in [0.29, 0.717) is 11.6 Å². The topological polar surface area (TPSA) is 40.9 Å². The van der Waals surface area contributed by atoms with Crippen LogP contribution in [-0.4, -0.2) is 58.7 Å². The molecule has 0 spiro atoms. The maximum atomic E-state index is 11.7. The van der Waals surface area contributed by atoms with Gasteiger partial charge in [0, 0.05) is 71.7 Å². The maximum Gasteiger partial charge on any atom is 0.233 e. The zero-order chi connectivity index (χ0) is 20.5. The van der Waals surface area contributed by atoms with Crippen molar-refractivity contribution in [3.8, 4) is 11.1 Å². The van der Waals surface area contributed by atoms with Crippen LogP contribution < -0.4 is 0 Å². The SMILES string of the molecule is Cc1c([C]=O)cc2cc(-c3cccnc3)cn2c1C(C)N1CCC(N(C)C)CC1. The van der Waals surface area contributed by atoms with Crippen molar-refractivity contribution in [2.45, 2.75) is 38.8 Å². The van der Waals surface area contributed by atoms with Crippen LogP contribution in [0.3, 0.4) is 0 Å². The summed E-state index contributed by atoms with van der Waals surface area (Å²) in [5.41, 5.74) is 6.06. The van der Waals surface area contributed by atoms with Crippen molar-refractivity contribution in [2.75, 3.05) is 27.2 Å². The van der Waals surface area contributed by atoms with Crippen LogP contribution >= 0.6 is 0 Å². The van der Waals surface area contributed by atoms with E-state index in [4.69, 9.17) is 0 Å². The van der Waals surface area contributed by atoms with Gasteiger partial charge in [0.2, 0.25) is 6.29 Å². The van der Waals surface area contributed by atoms with Crippen LogP contribution in [0, 0.1) is 6.92 Å². The van der Waals surface area contributed by atoms with Gasteiger partial charge in [-0.3, -0.25) is 14.7 Å². The molecule has 3 aromatic heterocycles. The first kappa shape index (κ1) is 19.8. The van der Waals surface area contributed by atoms with Crippen LogP contribution in [0.4, 0.5) is 0 Å². The minimum absolute atomic E-state index is 0.225. The van der Waals surface area contributed by atoms with E-state index in [1.54, 1.807) is 6.20 Å². The van der Waals surface area contributed by atoms with E-state index in [9.17, 15) is 4.79 Å². The van der Waals surface area contributed by atoms with Gasteiger partial charge in [-0.2, -0.15) is 0 Å². The van der Waals surface area contributed by atoms with E-state index in [-0.39, 0.29) is 6.04 Å². The molecule has 0 bridgehead atoms. The average Bonchev–Trinajstić information content (AvgIpc) is 3.17. The molecule has 151 valence electrons. The Morgan fingerprint density at radius 2 is 1.97 bits per heavy atom. The second kappa shape index (κ2) is 8.09. The lowest BCUT2D eigenvalue weighted by Gasteiger charge is -2.39. The molecule has 4 heterocycles. The van der Waals surface area contributed by atoms with Gasteiger partial charge in [-0.15, -0.1) is 0 Å². The Bertz CT molecular complexity index is 1000. The normalized spacial score (nSPS) is 17.1. The number of aromatic nitrogens is 2. The molecule has 1 fully saturated rings. The Labute approximate surface area is 173 Å². The lowest BCUT2D eigenvalue weighted by Crippen LogP contribution is -2.43. The van der Waals surface area contributed by atoms with Gasteiger partial charge in [0.1, 0.15) is 0 Å². The maximum absolute atomic E-state index is 11.7. The molecular formula is C24H29N4O. The fraction of sp³-hybridized carbons (Fsp3) is 0.417. The number of fused-ring (bicyclic) bond motifs is 1. The number of likely N-dealkylation sites (tertiary alicyclic amines) is 1. The quantitative estimate of drug-likeness (QED) is 0.665. The predicted molar refractivity (Wildman–Crippen MR) is 117 cm³/mol. The molecule has 1 atom stereocenters. The summed E-state index contributed by atoms with van der Waals surface area (Å²) in [5, 5.41) is 0. The summed E-state index contributed by atoms with van der Waals surface area (Å²) in [6.45, 7) is 6.44. The van der Waals surface area contributed by atoms with Gasteiger partial charge in [-0.05, 0) is 64.5 Å². The first-order chi connectivity index (χ1) is 14.0. The summed E-state index contributed by atoms with van der Waals surface area (Å²) in [4.78, 5) is 20.8. The lowest BCUT2D eigenvalue weighted by atomic mass is 9.98. The van der Waals surface area contributed by atoms with Crippen LogP contribution in [0.15, 0.2) is 42.9 Å². The molecule has 0 aliphatic carbocycles. The average molecular weight is 390 g/mol. The van der Waals surface area contributed by atoms with Gasteiger partial charge < -0.3 is 9.30 Å². The Morgan fingerprint density at radius 3 is 2.59 bits per heavy atom. The highest BCUT2D eigenvalue weighted by atomic mass is 16.1. The molecule has 1 radical (unpaired) electrons. The predicted octanol–water partition coefficient (Wildman–Crippen LogP) is 3.85. The summed E-state index contributed by atoms with van der Waals surface area (Å²) in [6.07, 6.45) is 10.3. The van der Waals surface area contributed by atoms with Crippen molar-refractivity contribution in [3.63, 3.8) is 0 Å². The van der Waals surface area contributed by atoms with E-state index >= 15 is 0 Å². The van der Waals surface area contributed by atoms with Gasteiger partial charge in [0.25, 0.3) is 0 Å². The van der Waals surface area contributed by atoms with Crippen molar-refractivity contribution >= 4 is 11.8 Å². The number of hydrogen-bond donors (Lipinski definition) is 0. The lowest BCUT2D eigenvalue weighted by molar-refractivity contribution is 0.112. The summed E-state index contributed by atoms with van der Waals surface area (Å²) >= 11 is 0. The van der Waals surface area contributed by atoms with Crippen molar-refractivity contribution in [1.82, 2.24) is 19.2 Å². The van der Waals surface area contributed by atoms with E-state index < -0.39 is 0 Å². The monoisotopic (exact) mass is 389 g/mol. The van der Waals surface area contributed by atoms with Gasteiger partial charge in [0.05, 0.1) is 0 Å². The number of piperidine rings is 1. The first-order valence-corrected chi connectivity index (χ1v) is 10.3. The molecule has 0 saturated carbocycles. The summed E-state index contributed by atoms with van der Waals surface area (Å²) in [6, 6.07) is 8.96. The molecular weight excluding hydrogens is 360 g/mol. The van der Waals surface area contributed by atoms with Crippen LogP contribution in [-0.2, 0) is 4.79 Å². The zero-order valence-electron chi connectivity index (χ0n) is 17.7. The van der Waals surface area contributed by atoms with E-state index in [2.05, 4.69) is 64.8 Å². The molecule has 1 aliphatic heterocycles. The first-order valence-electron chi connectivity index (χ1n) is 10.3. The fourth-order valence-corrected chi connectivity index (χ4v) is 4.65. The van der Waals surface area contributed by atoms with Crippen molar-refractivity contribution in [1.29, 1.82) is 0 Å². The number of hydrogen-bond acceptors (Lipinski definition) is 4. The molecule has 0 N–H and O–H groups in total. The second-order valence-electron chi connectivity index (χ2n) is 8.34. The Hall–Kier alpha value is -2.50. The highest BCUT2D eigenvalue weighted by Gasteiger charge is 2.27. The van der Waals surface area contributed by atoms with Crippen LogP contribution in [0.25, 0.3) is 16.6 Å². The molecule has 4 rings (SSSR count). The van der Waals surface area contributed by atoms with Gasteiger partial charge >= 0.3 is 0 Å². The highest BCUT2D eigenvalue weighted by molar-refractivity contribution is 5.82. The van der Waals surface area contributed by atoms with E-state index in [1.165, 1.54) is 18.5 Å².